The van der Waals surface area contributed by atoms with Crippen molar-refractivity contribution in [3.8, 4) is 5.75 Å². The molecule has 0 atom stereocenters. The lowest BCUT2D eigenvalue weighted by molar-refractivity contribution is 0.0724. The molecule has 204 valence electrons. The van der Waals surface area contributed by atoms with Crippen molar-refractivity contribution in [1.29, 1.82) is 0 Å². The molecule has 2 aliphatic rings. The summed E-state index contributed by atoms with van der Waals surface area (Å²) in [5.74, 6) is 0.497. The number of rotatable bonds is 6. The van der Waals surface area contributed by atoms with Gasteiger partial charge >= 0.3 is 0 Å². The fourth-order valence-electron chi connectivity index (χ4n) is 5.28. The number of piperidine rings is 1. The first kappa shape index (κ1) is 27.2. The molecule has 5 rings (SSSR count). The van der Waals surface area contributed by atoms with E-state index in [0.717, 1.165) is 75.7 Å². The van der Waals surface area contributed by atoms with E-state index in [9.17, 15) is 9.59 Å². The number of likely N-dealkylation sites (tertiary alicyclic amines) is 1. The van der Waals surface area contributed by atoms with Crippen molar-refractivity contribution >= 4 is 52.1 Å². The third-order valence-electron chi connectivity index (χ3n) is 7.35. The molecule has 0 aliphatic carbocycles. The number of nitrogens with one attached hydrogen (secondary N) is 1. The van der Waals surface area contributed by atoms with Gasteiger partial charge in [0.15, 0.2) is 0 Å². The molecule has 0 aromatic heterocycles. The van der Waals surface area contributed by atoms with Crippen molar-refractivity contribution in [1.82, 2.24) is 4.90 Å². The van der Waals surface area contributed by atoms with Crippen molar-refractivity contribution in [3.05, 3.63) is 81.8 Å². The Bertz CT molecular complexity index is 1350. The standard InChI is InChI=1S/C30H32Cl2N4O3/c1-39-28-8-4-3-7-27(28)35-17-15-34(16-18-35)26-12-10-22(20-24(26)30(38)36-13-5-2-6-14-36)33-29(37)23-11-9-21(31)19-25(23)32/h3-4,7-12,19-20H,2,5-6,13-18H2,1H3,(H,33,37). The van der Waals surface area contributed by atoms with Crippen LogP contribution in [-0.4, -0.2) is 63.1 Å². The first-order valence-corrected chi connectivity index (χ1v) is 14.0. The molecule has 2 aliphatic heterocycles. The normalized spacial score (nSPS) is 15.7. The van der Waals surface area contributed by atoms with E-state index < -0.39 is 0 Å². The Morgan fingerprint density at radius 2 is 1.46 bits per heavy atom. The topological polar surface area (TPSA) is 65.1 Å². The maximum Gasteiger partial charge on any atom is 0.257 e. The molecule has 9 heteroatoms. The summed E-state index contributed by atoms with van der Waals surface area (Å²) in [6.45, 7) is 4.60. The van der Waals surface area contributed by atoms with Gasteiger partial charge in [-0.15, -0.1) is 0 Å². The number of hydrogen-bond acceptors (Lipinski definition) is 5. The van der Waals surface area contributed by atoms with Gasteiger partial charge in [-0.2, -0.15) is 0 Å². The van der Waals surface area contributed by atoms with Crippen LogP contribution in [-0.2, 0) is 0 Å². The quantitative estimate of drug-likeness (QED) is 0.384. The maximum absolute atomic E-state index is 13.8. The second-order valence-corrected chi connectivity index (χ2v) is 10.7. The minimum absolute atomic E-state index is 0.00233. The summed E-state index contributed by atoms with van der Waals surface area (Å²) in [6, 6.07) is 18.4. The summed E-state index contributed by atoms with van der Waals surface area (Å²) in [5.41, 5.74) is 3.42. The summed E-state index contributed by atoms with van der Waals surface area (Å²) in [6.07, 6.45) is 3.15. The number of halogens is 2. The van der Waals surface area contributed by atoms with Gasteiger partial charge in [-0.3, -0.25) is 9.59 Å². The number of carbonyl (C=O) groups excluding carboxylic acids is 2. The Hall–Kier alpha value is -3.42. The lowest BCUT2D eigenvalue weighted by Gasteiger charge is -2.39. The van der Waals surface area contributed by atoms with E-state index in [0.29, 0.717) is 21.8 Å². The van der Waals surface area contributed by atoms with Crippen LogP contribution in [0.25, 0.3) is 0 Å². The number of para-hydroxylation sites is 2. The van der Waals surface area contributed by atoms with Crippen LogP contribution in [0.5, 0.6) is 5.75 Å². The van der Waals surface area contributed by atoms with Crippen molar-refractivity contribution in [2.24, 2.45) is 0 Å². The highest BCUT2D eigenvalue weighted by Crippen LogP contribution is 2.32. The highest BCUT2D eigenvalue weighted by molar-refractivity contribution is 6.37. The first-order chi connectivity index (χ1) is 18.9. The lowest BCUT2D eigenvalue weighted by Crippen LogP contribution is -2.47. The van der Waals surface area contributed by atoms with E-state index in [1.54, 1.807) is 25.3 Å². The van der Waals surface area contributed by atoms with Gasteiger partial charge in [0, 0.05) is 55.7 Å². The molecule has 0 spiro atoms. The zero-order valence-corrected chi connectivity index (χ0v) is 23.5. The predicted octanol–water partition coefficient (Wildman–Crippen LogP) is 6.21. The van der Waals surface area contributed by atoms with Crippen LogP contribution in [0.2, 0.25) is 10.0 Å². The van der Waals surface area contributed by atoms with Gasteiger partial charge in [0.1, 0.15) is 5.75 Å². The van der Waals surface area contributed by atoms with Gasteiger partial charge in [-0.1, -0.05) is 35.3 Å². The summed E-state index contributed by atoms with van der Waals surface area (Å²) >= 11 is 12.2. The maximum atomic E-state index is 13.8. The summed E-state index contributed by atoms with van der Waals surface area (Å²) in [7, 11) is 1.69. The molecule has 2 fully saturated rings. The molecule has 2 saturated heterocycles. The Morgan fingerprint density at radius 3 is 2.15 bits per heavy atom. The predicted molar refractivity (Wildman–Crippen MR) is 158 cm³/mol. The number of hydrogen-bond donors (Lipinski definition) is 1. The van der Waals surface area contributed by atoms with E-state index >= 15 is 0 Å². The number of benzene rings is 3. The Morgan fingerprint density at radius 1 is 0.769 bits per heavy atom. The zero-order chi connectivity index (χ0) is 27.4. The number of nitrogens with zero attached hydrogens (tertiary/aromatic N) is 3. The van der Waals surface area contributed by atoms with Crippen LogP contribution >= 0.6 is 23.2 Å². The largest absolute Gasteiger partial charge is 0.495 e. The van der Waals surface area contributed by atoms with E-state index in [1.807, 2.05) is 35.2 Å². The number of ether oxygens (including phenoxy) is 1. The zero-order valence-electron chi connectivity index (χ0n) is 22.0. The number of anilines is 3. The number of methoxy groups -OCH3 is 1. The second-order valence-electron chi connectivity index (χ2n) is 9.81. The van der Waals surface area contributed by atoms with Gasteiger partial charge in [0.2, 0.25) is 0 Å². The highest BCUT2D eigenvalue weighted by atomic mass is 35.5. The Labute approximate surface area is 239 Å². The molecule has 0 saturated carbocycles. The molecule has 0 bridgehead atoms. The lowest BCUT2D eigenvalue weighted by atomic mass is 10.0. The van der Waals surface area contributed by atoms with Crippen LogP contribution in [0.4, 0.5) is 17.1 Å². The number of piperazine rings is 1. The van der Waals surface area contributed by atoms with E-state index in [1.165, 1.54) is 6.07 Å². The summed E-state index contributed by atoms with van der Waals surface area (Å²) in [5, 5.41) is 3.64. The van der Waals surface area contributed by atoms with Crippen molar-refractivity contribution < 1.29 is 14.3 Å². The molecule has 0 unspecified atom stereocenters. The Kier molecular flexibility index (Phi) is 8.48. The third-order valence-corrected chi connectivity index (χ3v) is 7.90. The van der Waals surface area contributed by atoms with Gasteiger partial charge in [-0.25, -0.2) is 0 Å². The SMILES string of the molecule is COc1ccccc1N1CCN(c2ccc(NC(=O)c3ccc(Cl)cc3Cl)cc2C(=O)N2CCCCC2)CC1. The van der Waals surface area contributed by atoms with E-state index in [-0.39, 0.29) is 16.8 Å². The first-order valence-electron chi connectivity index (χ1n) is 13.3. The van der Waals surface area contributed by atoms with Crippen LogP contribution in [0, 0.1) is 0 Å². The minimum Gasteiger partial charge on any atom is -0.495 e. The van der Waals surface area contributed by atoms with Gasteiger partial charge in [-0.05, 0) is 67.8 Å². The molecule has 0 radical (unpaired) electrons. The van der Waals surface area contributed by atoms with Crippen molar-refractivity contribution in [2.75, 3.05) is 61.5 Å². The molecule has 1 N–H and O–H groups in total. The van der Waals surface area contributed by atoms with Gasteiger partial charge < -0.3 is 24.8 Å². The fraction of sp³-hybridized carbons (Fsp3) is 0.333. The molecule has 2 heterocycles. The smallest absolute Gasteiger partial charge is 0.257 e. The number of carbonyl (C=O) groups is 2. The molecule has 3 aromatic rings. The average molecular weight is 568 g/mol. The molecular formula is C30H32Cl2N4O3. The second kappa shape index (κ2) is 12.2. The Balaban J connectivity index is 1.39. The monoisotopic (exact) mass is 566 g/mol. The molecule has 2 amide bonds. The highest BCUT2D eigenvalue weighted by Gasteiger charge is 2.27. The van der Waals surface area contributed by atoms with Crippen LogP contribution < -0.4 is 19.9 Å². The fourth-order valence-corrected chi connectivity index (χ4v) is 5.77. The van der Waals surface area contributed by atoms with Crippen molar-refractivity contribution in [3.63, 3.8) is 0 Å². The van der Waals surface area contributed by atoms with Crippen LogP contribution in [0.3, 0.4) is 0 Å². The van der Waals surface area contributed by atoms with Crippen molar-refractivity contribution in [2.45, 2.75) is 19.3 Å². The van der Waals surface area contributed by atoms with Gasteiger partial charge in [0.25, 0.3) is 11.8 Å². The molecule has 3 aromatic carbocycles. The summed E-state index contributed by atoms with van der Waals surface area (Å²) < 4.78 is 5.56. The van der Waals surface area contributed by atoms with Crippen LogP contribution in [0.15, 0.2) is 60.7 Å². The summed E-state index contributed by atoms with van der Waals surface area (Å²) in [4.78, 5) is 33.2. The van der Waals surface area contributed by atoms with Gasteiger partial charge in [0.05, 0.1) is 28.9 Å². The van der Waals surface area contributed by atoms with E-state index in [2.05, 4.69) is 21.2 Å². The number of amides is 2. The third kappa shape index (κ3) is 6.10. The van der Waals surface area contributed by atoms with Crippen LogP contribution in [0.1, 0.15) is 40.0 Å². The average Bonchev–Trinajstić information content (AvgIpc) is 2.97. The van der Waals surface area contributed by atoms with E-state index in [4.69, 9.17) is 27.9 Å². The molecule has 7 nitrogen and oxygen atoms in total. The minimum atomic E-state index is -0.355. The molecule has 39 heavy (non-hydrogen) atoms. The molecular weight excluding hydrogens is 535 g/mol.